The predicted octanol–water partition coefficient (Wildman–Crippen LogP) is 1.94. The van der Waals surface area contributed by atoms with Crippen LogP contribution in [0.25, 0.3) is 0 Å². The minimum absolute atomic E-state index is 0.712. The van der Waals surface area contributed by atoms with Crippen molar-refractivity contribution in [3.05, 3.63) is 17.7 Å². The number of nitrogens with one attached hydrogen (secondary N) is 1. The molecule has 0 amide bonds. The molecule has 4 heteroatoms. The topological polar surface area (TPSA) is 37.4 Å². The summed E-state index contributed by atoms with van der Waals surface area (Å²) < 4.78 is 5.71. The second kappa shape index (κ2) is 5.57. The molecule has 3 heterocycles. The summed E-state index contributed by atoms with van der Waals surface area (Å²) in [6.45, 7) is 4.73. The zero-order valence-electron chi connectivity index (χ0n) is 10.8. The maximum atomic E-state index is 5.71. The standard InChI is InChI=1S/C14H21N3O/c1-2-4-9-17(8-3-1)13-6-5-12-11-15-7-10-18-14(12)16-13/h5-6,15H,1-4,7-11H2. The molecule has 1 saturated heterocycles. The normalized spacial score (nSPS) is 20.6. The van der Waals surface area contributed by atoms with Gasteiger partial charge in [-0.25, -0.2) is 0 Å². The van der Waals surface area contributed by atoms with Gasteiger partial charge in [0.1, 0.15) is 12.4 Å². The lowest BCUT2D eigenvalue weighted by molar-refractivity contribution is 0.314. The first-order chi connectivity index (χ1) is 8.93. The van der Waals surface area contributed by atoms with Gasteiger partial charge in [-0.2, -0.15) is 4.98 Å². The van der Waals surface area contributed by atoms with Gasteiger partial charge in [-0.05, 0) is 25.0 Å². The smallest absolute Gasteiger partial charge is 0.219 e. The van der Waals surface area contributed by atoms with Gasteiger partial charge in [0.15, 0.2) is 0 Å². The number of hydrogen-bond donors (Lipinski definition) is 1. The third-order valence-corrected chi connectivity index (χ3v) is 3.69. The van der Waals surface area contributed by atoms with Crippen molar-refractivity contribution in [3.63, 3.8) is 0 Å². The van der Waals surface area contributed by atoms with E-state index in [4.69, 9.17) is 9.72 Å². The fourth-order valence-electron chi connectivity index (χ4n) is 2.64. The highest BCUT2D eigenvalue weighted by atomic mass is 16.5. The van der Waals surface area contributed by atoms with Crippen LogP contribution in [0, 0.1) is 0 Å². The van der Waals surface area contributed by atoms with Gasteiger partial charge in [0, 0.05) is 31.7 Å². The van der Waals surface area contributed by atoms with Crippen LogP contribution in [-0.4, -0.2) is 31.2 Å². The van der Waals surface area contributed by atoms with E-state index in [0.29, 0.717) is 6.61 Å². The van der Waals surface area contributed by atoms with Crippen LogP contribution >= 0.6 is 0 Å². The lowest BCUT2D eigenvalue weighted by Crippen LogP contribution is -2.25. The van der Waals surface area contributed by atoms with E-state index in [1.54, 1.807) is 0 Å². The average Bonchev–Trinajstić information content (AvgIpc) is 2.80. The van der Waals surface area contributed by atoms with Crippen molar-refractivity contribution in [3.8, 4) is 5.88 Å². The Hall–Kier alpha value is -1.29. The molecule has 0 radical (unpaired) electrons. The van der Waals surface area contributed by atoms with Crippen LogP contribution in [0.15, 0.2) is 12.1 Å². The zero-order chi connectivity index (χ0) is 12.2. The summed E-state index contributed by atoms with van der Waals surface area (Å²) in [5, 5.41) is 3.33. The number of ether oxygens (including phenoxy) is 1. The Morgan fingerprint density at radius 3 is 2.78 bits per heavy atom. The van der Waals surface area contributed by atoms with E-state index < -0.39 is 0 Å². The second-order valence-corrected chi connectivity index (χ2v) is 5.06. The molecule has 0 aliphatic carbocycles. The Kier molecular flexibility index (Phi) is 3.64. The molecule has 1 aromatic rings. The highest BCUT2D eigenvalue weighted by Gasteiger charge is 2.15. The molecule has 1 fully saturated rings. The third-order valence-electron chi connectivity index (χ3n) is 3.69. The Morgan fingerprint density at radius 2 is 1.94 bits per heavy atom. The van der Waals surface area contributed by atoms with Crippen molar-refractivity contribution in [2.24, 2.45) is 0 Å². The molecule has 0 unspecified atom stereocenters. The van der Waals surface area contributed by atoms with Gasteiger partial charge in [0.05, 0.1) is 0 Å². The SMILES string of the molecule is c1cc2c(nc1N1CCCCCC1)OCCNC2. The van der Waals surface area contributed by atoms with Crippen LogP contribution in [0.2, 0.25) is 0 Å². The first-order valence-electron chi connectivity index (χ1n) is 7.02. The Balaban J connectivity index is 1.81. The molecule has 1 N–H and O–H groups in total. The van der Waals surface area contributed by atoms with Crippen molar-refractivity contribution >= 4 is 5.82 Å². The van der Waals surface area contributed by atoms with Gasteiger partial charge in [0.2, 0.25) is 5.88 Å². The van der Waals surface area contributed by atoms with E-state index in [-0.39, 0.29) is 0 Å². The molecule has 18 heavy (non-hydrogen) atoms. The van der Waals surface area contributed by atoms with Crippen molar-refractivity contribution in [2.45, 2.75) is 32.2 Å². The van der Waals surface area contributed by atoms with E-state index in [9.17, 15) is 0 Å². The van der Waals surface area contributed by atoms with Gasteiger partial charge in [-0.1, -0.05) is 12.8 Å². The van der Waals surface area contributed by atoms with Gasteiger partial charge in [-0.15, -0.1) is 0 Å². The monoisotopic (exact) mass is 247 g/mol. The number of hydrogen-bond acceptors (Lipinski definition) is 4. The summed E-state index contributed by atoms with van der Waals surface area (Å²) in [6.07, 6.45) is 5.26. The molecule has 0 saturated carbocycles. The van der Waals surface area contributed by atoms with Gasteiger partial charge < -0.3 is 15.0 Å². The molecule has 2 aliphatic rings. The van der Waals surface area contributed by atoms with E-state index in [1.807, 2.05) is 0 Å². The molecule has 98 valence electrons. The summed E-state index contributed by atoms with van der Waals surface area (Å²) in [5.74, 6) is 1.90. The fourth-order valence-corrected chi connectivity index (χ4v) is 2.64. The highest BCUT2D eigenvalue weighted by Crippen LogP contribution is 2.24. The Labute approximate surface area is 108 Å². The largest absolute Gasteiger partial charge is 0.476 e. The average molecular weight is 247 g/mol. The van der Waals surface area contributed by atoms with Crippen LogP contribution < -0.4 is 15.0 Å². The fraction of sp³-hybridized carbons (Fsp3) is 0.643. The van der Waals surface area contributed by atoms with Crippen molar-refractivity contribution in [2.75, 3.05) is 31.1 Å². The molecule has 2 aliphatic heterocycles. The summed E-state index contributed by atoms with van der Waals surface area (Å²) >= 11 is 0. The molecule has 0 bridgehead atoms. The first-order valence-corrected chi connectivity index (χ1v) is 7.02. The van der Waals surface area contributed by atoms with Crippen LogP contribution in [0.1, 0.15) is 31.2 Å². The molecule has 1 aromatic heterocycles. The van der Waals surface area contributed by atoms with Gasteiger partial charge in [0.25, 0.3) is 0 Å². The predicted molar refractivity (Wildman–Crippen MR) is 72.1 cm³/mol. The number of anilines is 1. The molecule has 0 aromatic carbocycles. The first kappa shape index (κ1) is 11.8. The molecule has 0 spiro atoms. The quantitative estimate of drug-likeness (QED) is 0.823. The van der Waals surface area contributed by atoms with E-state index in [2.05, 4.69) is 22.3 Å². The number of fused-ring (bicyclic) bond motifs is 1. The lowest BCUT2D eigenvalue weighted by atomic mass is 10.2. The Bertz CT molecular complexity index is 400. The van der Waals surface area contributed by atoms with E-state index >= 15 is 0 Å². The number of aromatic nitrogens is 1. The second-order valence-electron chi connectivity index (χ2n) is 5.06. The van der Waals surface area contributed by atoms with Gasteiger partial charge >= 0.3 is 0 Å². The van der Waals surface area contributed by atoms with Crippen molar-refractivity contribution in [1.29, 1.82) is 0 Å². The van der Waals surface area contributed by atoms with E-state index in [0.717, 1.165) is 37.9 Å². The van der Waals surface area contributed by atoms with Crippen LogP contribution in [-0.2, 0) is 6.54 Å². The summed E-state index contributed by atoms with van der Waals surface area (Å²) in [5.41, 5.74) is 1.17. The zero-order valence-corrected chi connectivity index (χ0v) is 10.8. The maximum absolute atomic E-state index is 5.71. The molecule has 3 rings (SSSR count). The maximum Gasteiger partial charge on any atom is 0.219 e. The summed E-state index contributed by atoms with van der Waals surface area (Å²) in [6, 6.07) is 4.29. The molecule has 0 atom stereocenters. The number of pyridine rings is 1. The van der Waals surface area contributed by atoms with Crippen molar-refractivity contribution < 1.29 is 4.74 Å². The molecular weight excluding hydrogens is 226 g/mol. The molecule has 4 nitrogen and oxygen atoms in total. The third kappa shape index (κ3) is 2.58. The Morgan fingerprint density at radius 1 is 1.11 bits per heavy atom. The summed E-state index contributed by atoms with van der Waals surface area (Å²) in [7, 11) is 0. The minimum atomic E-state index is 0.712. The van der Waals surface area contributed by atoms with Crippen LogP contribution in [0.3, 0.4) is 0 Å². The lowest BCUT2D eigenvalue weighted by Gasteiger charge is -2.22. The number of rotatable bonds is 1. The highest BCUT2D eigenvalue weighted by molar-refractivity contribution is 5.44. The number of nitrogens with zero attached hydrogens (tertiary/aromatic N) is 2. The van der Waals surface area contributed by atoms with Crippen molar-refractivity contribution in [1.82, 2.24) is 10.3 Å². The summed E-state index contributed by atoms with van der Waals surface area (Å²) in [4.78, 5) is 7.10. The van der Waals surface area contributed by atoms with E-state index in [1.165, 1.54) is 31.2 Å². The van der Waals surface area contributed by atoms with Gasteiger partial charge in [-0.3, -0.25) is 0 Å². The molecular formula is C14H21N3O. The van der Waals surface area contributed by atoms with Crippen LogP contribution in [0.4, 0.5) is 5.82 Å². The minimum Gasteiger partial charge on any atom is -0.476 e. The van der Waals surface area contributed by atoms with Crippen LogP contribution in [0.5, 0.6) is 5.88 Å².